The fourth-order valence-corrected chi connectivity index (χ4v) is 3.14. The van der Waals surface area contributed by atoms with Gasteiger partial charge in [-0.1, -0.05) is 11.6 Å². The second kappa shape index (κ2) is 5.57. The molecule has 1 amide bonds. The Kier molecular flexibility index (Phi) is 4.27. The summed E-state index contributed by atoms with van der Waals surface area (Å²) in [7, 11) is 0. The molecule has 0 aliphatic carbocycles. The third-order valence-electron chi connectivity index (χ3n) is 3.06. The van der Waals surface area contributed by atoms with Gasteiger partial charge in [-0.25, -0.2) is 0 Å². The Labute approximate surface area is 115 Å². The van der Waals surface area contributed by atoms with Crippen molar-refractivity contribution in [2.45, 2.75) is 26.0 Å². The Morgan fingerprint density at radius 3 is 3.00 bits per heavy atom. The molecule has 0 bridgehead atoms. The largest absolute Gasteiger partial charge is 0.394 e. The van der Waals surface area contributed by atoms with Crippen LogP contribution in [0.25, 0.3) is 0 Å². The smallest absolute Gasteiger partial charge is 0.265 e. The molecule has 1 aliphatic heterocycles. The normalized spacial score (nSPS) is 24.3. The predicted molar refractivity (Wildman–Crippen MR) is 71.4 cm³/mol. The molecule has 100 valence electrons. The second-order valence-corrected chi connectivity index (χ2v) is 5.76. The zero-order chi connectivity index (χ0) is 13.3. The van der Waals surface area contributed by atoms with Crippen molar-refractivity contribution < 1.29 is 14.6 Å². The van der Waals surface area contributed by atoms with Gasteiger partial charge in [0.25, 0.3) is 5.91 Å². The lowest BCUT2D eigenvalue weighted by Gasteiger charge is -2.37. The van der Waals surface area contributed by atoms with E-state index in [1.165, 1.54) is 11.3 Å². The number of nitrogens with zero attached hydrogens (tertiary/aromatic N) is 1. The van der Waals surface area contributed by atoms with Crippen molar-refractivity contribution in [3.63, 3.8) is 0 Å². The first-order valence-electron chi connectivity index (χ1n) is 5.81. The molecular formula is C12H16ClNO3S. The summed E-state index contributed by atoms with van der Waals surface area (Å²) < 4.78 is 5.42. The summed E-state index contributed by atoms with van der Waals surface area (Å²) in [6, 6.07) is -0.00114. The molecule has 0 spiro atoms. The summed E-state index contributed by atoms with van der Waals surface area (Å²) in [5.74, 6) is -0.0765. The average Bonchev–Trinajstić information content (AvgIpc) is 2.70. The van der Waals surface area contributed by atoms with E-state index < -0.39 is 0 Å². The number of hydrogen-bond donors (Lipinski definition) is 1. The van der Waals surface area contributed by atoms with Crippen LogP contribution in [-0.2, 0) is 4.74 Å². The van der Waals surface area contributed by atoms with E-state index in [1.807, 2.05) is 19.2 Å². The molecule has 4 nitrogen and oxygen atoms in total. The number of thiophene rings is 1. The molecule has 2 rings (SSSR count). The Hall–Kier alpha value is -0.620. The minimum Gasteiger partial charge on any atom is -0.394 e. The SMILES string of the molecule is Cc1csc(C(=O)N2CC(CO)OCC2C)c1Cl. The third kappa shape index (κ3) is 2.54. The van der Waals surface area contributed by atoms with Gasteiger partial charge in [0, 0.05) is 6.54 Å². The van der Waals surface area contributed by atoms with Crippen molar-refractivity contribution >= 4 is 28.8 Å². The van der Waals surface area contributed by atoms with Crippen LogP contribution in [0.1, 0.15) is 22.2 Å². The number of aliphatic hydroxyl groups excluding tert-OH is 1. The van der Waals surface area contributed by atoms with E-state index in [2.05, 4.69) is 0 Å². The van der Waals surface area contributed by atoms with E-state index in [-0.39, 0.29) is 24.7 Å². The lowest BCUT2D eigenvalue weighted by molar-refractivity contribution is -0.0666. The molecule has 2 atom stereocenters. The lowest BCUT2D eigenvalue weighted by Crippen LogP contribution is -2.51. The zero-order valence-corrected chi connectivity index (χ0v) is 11.9. The first kappa shape index (κ1) is 13.8. The first-order valence-corrected chi connectivity index (χ1v) is 7.07. The third-order valence-corrected chi connectivity index (χ3v) is 4.75. The molecule has 0 aromatic carbocycles. The minimum absolute atomic E-state index is 0.00114. The number of aryl methyl sites for hydroxylation is 1. The summed E-state index contributed by atoms with van der Waals surface area (Å²) in [6.45, 7) is 4.59. The summed E-state index contributed by atoms with van der Waals surface area (Å²) in [4.78, 5) is 14.7. The van der Waals surface area contributed by atoms with Gasteiger partial charge in [-0.05, 0) is 24.8 Å². The van der Waals surface area contributed by atoms with Crippen molar-refractivity contribution in [3.05, 3.63) is 20.8 Å². The molecule has 1 saturated heterocycles. The molecule has 0 saturated carbocycles. The number of amides is 1. The number of carbonyl (C=O) groups is 1. The van der Waals surface area contributed by atoms with E-state index in [0.29, 0.717) is 23.1 Å². The quantitative estimate of drug-likeness (QED) is 0.905. The predicted octanol–water partition coefficient (Wildman–Crippen LogP) is 1.93. The summed E-state index contributed by atoms with van der Waals surface area (Å²) in [5, 5.41) is 11.5. The summed E-state index contributed by atoms with van der Waals surface area (Å²) in [6.07, 6.45) is -0.301. The second-order valence-electron chi connectivity index (χ2n) is 4.51. The van der Waals surface area contributed by atoms with Gasteiger partial charge in [-0.15, -0.1) is 11.3 Å². The highest BCUT2D eigenvalue weighted by Crippen LogP contribution is 2.29. The number of halogens is 1. The Morgan fingerprint density at radius 1 is 1.72 bits per heavy atom. The Balaban J connectivity index is 2.19. The average molecular weight is 290 g/mol. The number of ether oxygens (including phenoxy) is 1. The van der Waals surface area contributed by atoms with Crippen LogP contribution in [0, 0.1) is 6.92 Å². The van der Waals surface area contributed by atoms with E-state index in [0.717, 1.165) is 5.56 Å². The highest BCUT2D eigenvalue weighted by atomic mass is 35.5. The fourth-order valence-electron chi connectivity index (χ4n) is 1.92. The van der Waals surface area contributed by atoms with Crippen LogP contribution in [-0.4, -0.2) is 47.8 Å². The zero-order valence-electron chi connectivity index (χ0n) is 10.4. The van der Waals surface area contributed by atoms with E-state index in [9.17, 15) is 4.79 Å². The van der Waals surface area contributed by atoms with E-state index in [1.54, 1.807) is 4.90 Å². The number of aliphatic hydroxyl groups is 1. The maximum atomic E-state index is 12.4. The van der Waals surface area contributed by atoms with Crippen LogP contribution in [0.3, 0.4) is 0 Å². The van der Waals surface area contributed by atoms with Gasteiger partial charge >= 0.3 is 0 Å². The maximum absolute atomic E-state index is 12.4. The molecule has 1 aromatic rings. The van der Waals surface area contributed by atoms with Gasteiger partial charge < -0.3 is 14.7 Å². The maximum Gasteiger partial charge on any atom is 0.265 e. The van der Waals surface area contributed by atoms with Crippen LogP contribution >= 0.6 is 22.9 Å². The fraction of sp³-hybridized carbons (Fsp3) is 0.583. The minimum atomic E-state index is -0.301. The number of rotatable bonds is 2. The molecule has 18 heavy (non-hydrogen) atoms. The highest BCUT2D eigenvalue weighted by Gasteiger charge is 2.31. The molecule has 1 aliphatic rings. The molecule has 2 unspecified atom stereocenters. The van der Waals surface area contributed by atoms with E-state index >= 15 is 0 Å². The van der Waals surface area contributed by atoms with Crippen LogP contribution in [0.5, 0.6) is 0 Å². The van der Waals surface area contributed by atoms with Gasteiger partial charge in [0.1, 0.15) is 4.88 Å². The number of morpholine rings is 1. The van der Waals surface area contributed by atoms with Crippen molar-refractivity contribution in [3.8, 4) is 0 Å². The van der Waals surface area contributed by atoms with Gasteiger partial charge in [0.15, 0.2) is 0 Å². The van der Waals surface area contributed by atoms with E-state index in [4.69, 9.17) is 21.4 Å². The lowest BCUT2D eigenvalue weighted by atomic mass is 10.2. The molecule has 6 heteroatoms. The molecular weight excluding hydrogens is 274 g/mol. The van der Waals surface area contributed by atoms with Crippen LogP contribution in [0.2, 0.25) is 5.02 Å². The van der Waals surface area contributed by atoms with Crippen LogP contribution in [0.15, 0.2) is 5.38 Å². The van der Waals surface area contributed by atoms with Crippen LogP contribution < -0.4 is 0 Å². The molecule has 1 aromatic heterocycles. The van der Waals surface area contributed by atoms with Crippen LogP contribution in [0.4, 0.5) is 0 Å². The summed E-state index contributed by atoms with van der Waals surface area (Å²) >= 11 is 7.49. The van der Waals surface area contributed by atoms with Gasteiger partial charge in [-0.2, -0.15) is 0 Å². The van der Waals surface area contributed by atoms with Gasteiger partial charge in [0.2, 0.25) is 0 Å². The number of hydrogen-bond acceptors (Lipinski definition) is 4. The van der Waals surface area contributed by atoms with Crippen molar-refractivity contribution in [1.82, 2.24) is 4.90 Å². The molecule has 0 radical (unpaired) electrons. The standard InChI is InChI=1S/C12H16ClNO3S/c1-7-6-18-11(10(7)13)12(16)14-3-9(4-15)17-5-8(14)2/h6,8-9,15H,3-5H2,1-2H3. The number of carbonyl (C=O) groups excluding carboxylic acids is 1. The first-order chi connectivity index (χ1) is 8.54. The van der Waals surface area contributed by atoms with Crippen molar-refractivity contribution in [1.29, 1.82) is 0 Å². The Bertz CT molecular complexity index is 449. The Morgan fingerprint density at radius 2 is 2.44 bits per heavy atom. The monoisotopic (exact) mass is 289 g/mol. The van der Waals surface area contributed by atoms with Crippen molar-refractivity contribution in [2.75, 3.05) is 19.8 Å². The molecule has 2 heterocycles. The van der Waals surface area contributed by atoms with Gasteiger partial charge in [0.05, 0.1) is 30.4 Å². The molecule has 1 N–H and O–H groups in total. The highest BCUT2D eigenvalue weighted by molar-refractivity contribution is 7.13. The molecule has 1 fully saturated rings. The topological polar surface area (TPSA) is 49.8 Å². The van der Waals surface area contributed by atoms with Gasteiger partial charge in [-0.3, -0.25) is 4.79 Å². The summed E-state index contributed by atoms with van der Waals surface area (Å²) in [5.41, 5.74) is 0.921. The van der Waals surface area contributed by atoms with Crippen molar-refractivity contribution in [2.24, 2.45) is 0 Å².